The predicted molar refractivity (Wildman–Crippen MR) is 66.5 cm³/mol. The van der Waals surface area contributed by atoms with Gasteiger partial charge in [-0.3, -0.25) is 0 Å². The second-order valence-corrected chi connectivity index (χ2v) is 3.81. The molecule has 0 fully saturated rings. The number of nitriles is 2. The first-order valence-corrected chi connectivity index (χ1v) is 5.41. The minimum atomic E-state index is 0.376. The lowest BCUT2D eigenvalue weighted by molar-refractivity contribution is 1.05. The summed E-state index contributed by atoms with van der Waals surface area (Å²) in [6.45, 7) is 2.52. The van der Waals surface area contributed by atoms with E-state index in [4.69, 9.17) is 10.5 Å². The number of hydrogen-bond acceptors (Lipinski definition) is 4. The number of hydrogen-bond donors (Lipinski definition) is 2. The molecule has 0 spiro atoms. The zero-order valence-electron chi connectivity index (χ0n) is 9.86. The fourth-order valence-corrected chi connectivity index (χ4v) is 1.60. The Bertz CT molecular complexity index is 642. The molecule has 1 aromatic carbocycles. The standard InChI is InChI=1S/C13H11N5/c1-9-13(18-8-17-9)7-16-12-3-2-10(5-14)11(4-12)6-15/h2-4,8,16H,7H2,1H3,(H,17,18). The monoisotopic (exact) mass is 237 g/mol. The zero-order chi connectivity index (χ0) is 13.0. The zero-order valence-corrected chi connectivity index (χ0v) is 9.86. The van der Waals surface area contributed by atoms with Crippen LogP contribution in [0.2, 0.25) is 0 Å². The number of H-pyrrole nitrogens is 1. The van der Waals surface area contributed by atoms with Gasteiger partial charge in [-0.15, -0.1) is 0 Å². The number of benzene rings is 1. The third-order valence-electron chi connectivity index (χ3n) is 2.65. The summed E-state index contributed by atoms with van der Waals surface area (Å²) in [6.07, 6.45) is 1.64. The highest BCUT2D eigenvalue weighted by molar-refractivity contribution is 5.56. The Morgan fingerprint density at radius 2 is 2.06 bits per heavy atom. The van der Waals surface area contributed by atoms with Gasteiger partial charge in [-0.1, -0.05) is 0 Å². The van der Waals surface area contributed by atoms with E-state index < -0.39 is 0 Å². The molecule has 18 heavy (non-hydrogen) atoms. The molecule has 0 saturated carbocycles. The summed E-state index contributed by atoms with van der Waals surface area (Å²) in [5.41, 5.74) is 3.50. The van der Waals surface area contributed by atoms with Gasteiger partial charge in [-0.2, -0.15) is 10.5 Å². The molecule has 88 valence electrons. The number of aryl methyl sites for hydroxylation is 1. The molecule has 0 aliphatic carbocycles. The van der Waals surface area contributed by atoms with Crippen molar-refractivity contribution in [2.24, 2.45) is 0 Å². The SMILES string of the molecule is Cc1[nH]cnc1CNc1ccc(C#N)c(C#N)c1. The number of anilines is 1. The van der Waals surface area contributed by atoms with Crippen molar-refractivity contribution in [3.8, 4) is 12.1 Å². The van der Waals surface area contributed by atoms with Gasteiger partial charge in [0.05, 0.1) is 29.7 Å². The molecule has 0 aliphatic heterocycles. The van der Waals surface area contributed by atoms with E-state index >= 15 is 0 Å². The average Bonchev–Trinajstić information content (AvgIpc) is 2.81. The minimum absolute atomic E-state index is 0.376. The number of aromatic nitrogens is 2. The first kappa shape index (κ1) is 11.7. The maximum Gasteiger partial charge on any atom is 0.101 e. The lowest BCUT2D eigenvalue weighted by Gasteiger charge is -2.06. The van der Waals surface area contributed by atoms with Crippen LogP contribution >= 0.6 is 0 Å². The van der Waals surface area contributed by atoms with Gasteiger partial charge in [0, 0.05) is 11.4 Å². The van der Waals surface area contributed by atoms with Gasteiger partial charge in [-0.25, -0.2) is 4.98 Å². The van der Waals surface area contributed by atoms with E-state index in [9.17, 15) is 0 Å². The number of nitrogens with zero attached hydrogens (tertiary/aromatic N) is 3. The average molecular weight is 237 g/mol. The number of rotatable bonds is 3. The van der Waals surface area contributed by atoms with Gasteiger partial charge in [0.15, 0.2) is 0 Å². The minimum Gasteiger partial charge on any atom is -0.379 e. The fourth-order valence-electron chi connectivity index (χ4n) is 1.60. The van der Waals surface area contributed by atoms with Crippen LogP contribution in [-0.2, 0) is 6.54 Å². The van der Waals surface area contributed by atoms with Crippen LogP contribution in [0, 0.1) is 29.6 Å². The van der Waals surface area contributed by atoms with Crippen LogP contribution in [0.25, 0.3) is 0 Å². The van der Waals surface area contributed by atoms with Crippen molar-refractivity contribution in [2.75, 3.05) is 5.32 Å². The van der Waals surface area contributed by atoms with Gasteiger partial charge in [0.1, 0.15) is 12.1 Å². The second-order valence-electron chi connectivity index (χ2n) is 3.81. The molecule has 2 N–H and O–H groups in total. The molecule has 2 aromatic rings. The number of nitrogens with one attached hydrogen (secondary N) is 2. The molecule has 0 bridgehead atoms. The van der Waals surface area contributed by atoms with E-state index in [2.05, 4.69) is 15.3 Å². The van der Waals surface area contributed by atoms with E-state index in [0.29, 0.717) is 17.7 Å². The smallest absolute Gasteiger partial charge is 0.101 e. The van der Waals surface area contributed by atoms with Crippen molar-refractivity contribution in [2.45, 2.75) is 13.5 Å². The van der Waals surface area contributed by atoms with Crippen LogP contribution in [0.1, 0.15) is 22.5 Å². The Labute approximate surface area is 105 Å². The summed E-state index contributed by atoms with van der Waals surface area (Å²) in [4.78, 5) is 7.17. The summed E-state index contributed by atoms with van der Waals surface area (Å²) < 4.78 is 0. The normalized spacial score (nSPS) is 9.50. The van der Waals surface area contributed by atoms with Crippen molar-refractivity contribution in [3.63, 3.8) is 0 Å². The molecule has 5 heteroatoms. The van der Waals surface area contributed by atoms with E-state index in [1.54, 1.807) is 24.5 Å². The second kappa shape index (κ2) is 5.03. The molecule has 0 atom stereocenters. The maximum atomic E-state index is 8.92. The van der Waals surface area contributed by atoms with Crippen molar-refractivity contribution in [1.29, 1.82) is 10.5 Å². The van der Waals surface area contributed by atoms with Gasteiger partial charge in [-0.05, 0) is 25.1 Å². The largest absolute Gasteiger partial charge is 0.379 e. The van der Waals surface area contributed by atoms with Gasteiger partial charge in [0.25, 0.3) is 0 Å². The van der Waals surface area contributed by atoms with Crippen LogP contribution in [-0.4, -0.2) is 9.97 Å². The molecule has 5 nitrogen and oxygen atoms in total. The highest BCUT2D eigenvalue weighted by Crippen LogP contribution is 2.15. The van der Waals surface area contributed by atoms with Crippen LogP contribution in [0.15, 0.2) is 24.5 Å². The van der Waals surface area contributed by atoms with Crippen molar-refractivity contribution in [1.82, 2.24) is 9.97 Å². The Balaban J connectivity index is 2.14. The first-order valence-electron chi connectivity index (χ1n) is 5.41. The highest BCUT2D eigenvalue weighted by Gasteiger charge is 2.04. The molecule has 0 amide bonds. The summed E-state index contributed by atoms with van der Waals surface area (Å²) in [6, 6.07) is 9.08. The van der Waals surface area contributed by atoms with Crippen LogP contribution in [0.3, 0.4) is 0 Å². The number of imidazole rings is 1. The molecule has 0 unspecified atom stereocenters. The van der Waals surface area contributed by atoms with Gasteiger partial charge >= 0.3 is 0 Å². The molecule has 1 aromatic heterocycles. The molecule has 1 heterocycles. The lowest BCUT2D eigenvalue weighted by atomic mass is 10.1. The van der Waals surface area contributed by atoms with Crippen LogP contribution in [0.5, 0.6) is 0 Å². The highest BCUT2D eigenvalue weighted by atomic mass is 14.9. The van der Waals surface area contributed by atoms with E-state index in [-0.39, 0.29) is 0 Å². The molecule has 0 aliphatic rings. The number of aromatic amines is 1. The van der Waals surface area contributed by atoms with E-state index in [0.717, 1.165) is 17.1 Å². The Kier molecular flexibility index (Phi) is 3.26. The Morgan fingerprint density at radius 1 is 1.28 bits per heavy atom. The molecular weight excluding hydrogens is 226 g/mol. The summed E-state index contributed by atoms with van der Waals surface area (Å²) in [5.74, 6) is 0. The van der Waals surface area contributed by atoms with Crippen molar-refractivity contribution >= 4 is 5.69 Å². The third-order valence-corrected chi connectivity index (χ3v) is 2.65. The lowest BCUT2D eigenvalue weighted by Crippen LogP contribution is -2.02. The topological polar surface area (TPSA) is 88.3 Å². The molecule has 2 rings (SSSR count). The fraction of sp³-hybridized carbons (Fsp3) is 0.154. The molecular formula is C13H11N5. The Hall–Kier alpha value is -2.79. The van der Waals surface area contributed by atoms with Crippen LogP contribution < -0.4 is 5.32 Å². The summed E-state index contributed by atoms with van der Waals surface area (Å²) in [5, 5.41) is 20.9. The summed E-state index contributed by atoms with van der Waals surface area (Å²) >= 11 is 0. The van der Waals surface area contributed by atoms with Gasteiger partial charge < -0.3 is 10.3 Å². The Morgan fingerprint density at radius 3 is 2.67 bits per heavy atom. The third kappa shape index (κ3) is 2.31. The van der Waals surface area contributed by atoms with Crippen molar-refractivity contribution < 1.29 is 0 Å². The van der Waals surface area contributed by atoms with E-state index in [1.807, 2.05) is 19.1 Å². The maximum absolute atomic E-state index is 8.92. The van der Waals surface area contributed by atoms with Crippen LogP contribution in [0.4, 0.5) is 5.69 Å². The quantitative estimate of drug-likeness (QED) is 0.855. The van der Waals surface area contributed by atoms with Gasteiger partial charge in [0.2, 0.25) is 0 Å². The van der Waals surface area contributed by atoms with E-state index in [1.165, 1.54) is 0 Å². The molecule has 0 radical (unpaired) electrons. The first-order chi connectivity index (χ1) is 8.74. The predicted octanol–water partition coefficient (Wildman–Crippen LogP) is 2.07. The summed E-state index contributed by atoms with van der Waals surface area (Å²) in [7, 11) is 0. The van der Waals surface area contributed by atoms with Crippen molar-refractivity contribution in [3.05, 3.63) is 47.0 Å². The molecule has 0 saturated heterocycles.